The van der Waals surface area contributed by atoms with Crippen LogP contribution in [0.15, 0.2) is 48.5 Å². The minimum Gasteiger partial charge on any atom is -0.484 e. The summed E-state index contributed by atoms with van der Waals surface area (Å²) in [5.74, 6) is 0.565. The van der Waals surface area contributed by atoms with Gasteiger partial charge >= 0.3 is 0 Å². The molecule has 0 spiro atoms. The minimum atomic E-state index is -0.150. The van der Waals surface area contributed by atoms with Crippen LogP contribution in [0.25, 0.3) is 0 Å². The van der Waals surface area contributed by atoms with Crippen molar-refractivity contribution in [1.82, 2.24) is 0 Å². The fourth-order valence-electron chi connectivity index (χ4n) is 2.90. The molecule has 1 aliphatic rings. The fraction of sp³-hybridized carbons (Fsp3) is 0.350. The molecule has 2 aromatic carbocycles. The zero-order valence-corrected chi connectivity index (χ0v) is 14.1. The van der Waals surface area contributed by atoms with E-state index in [9.17, 15) is 4.79 Å². The number of benzene rings is 2. The molecule has 0 radical (unpaired) electrons. The second kappa shape index (κ2) is 7.86. The summed E-state index contributed by atoms with van der Waals surface area (Å²) >= 11 is 0. The predicted molar refractivity (Wildman–Crippen MR) is 97.8 cm³/mol. The first-order valence-corrected chi connectivity index (χ1v) is 8.61. The monoisotopic (exact) mass is 324 g/mol. The van der Waals surface area contributed by atoms with Gasteiger partial charge in [-0.25, -0.2) is 0 Å². The third-order valence-corrected chi connectivity index (χ3v) is 4.32. The Hall–Kier alpha value is -2.49. The number of aryl methyl sites for hydroxylation is 1. The smallest absolute Gasteiger partial charge is 0.262 e. The molecule has 4 heteroatoms. The van der Waals surface area contributed by atoms with Crippen molar-refractivity contribution in [3.63, 3.8) is 0 Å². The Bertz CT molecular complexity index is 659. The van der Waals surface area contributed by atoms with Gasteiger partial charge in [-0.3, -0.25) is 4.79 Å². The highest BCUT2D eigenvalue weighted by atomic mass is 16.5. The van der Waals surface area contributed by atoms with Crippen molar-refractivity contribution in [3.05, 3.63) is 54.1 Å². The summed E-state index contributed by atoms with van der Waals surface area (Å²) < 4.78 is 5.52. The molecule has 1 heterocycles. The van der Waals surface area contributed by atoms with Crippen LogP contribution in [0.5, 0.6) is 5.75 Å². The van der Waals surface area contributed by atoms with Gasteiger partial charge in [-0.2, -0.15) is 0 Å². The zero-order valence-electron chi connectivity index (χ0n) is 14.1. The number of nitrogens with zero attached hydrogens (tertiary/aromatic N) is 1. The molecule has 0 bridgehead atoms. The van der Waals surface area contributed by atoms with Crippen molar-refractivity contribution in [1.29, 1.82) is 0 Å². The van der Waals surface area contributed by atoms with Crippen LogP contribution in [0.1, 0.15) is 25.3 Å². The minimum absolute atomic E-state index is 0.0132. The normalized spacial score (nSPS) is 13.8. The Morgan fingerprint density at radius 2 is 1.71 bits per heavy atom. The molecule has 0 aromatic heterocycles. The molecule has 1 aliphatic heterocycles. The summed E-state index contributed by atoms with van der Waals surface area (Å²) in [5, 5.41) is 2.87. The maximum absolute atomic E-state index is 12.0. The highest BCUT2D eigenvalue weighted by molar-refractivity contribution is 5.92. The molecule has 0 aliphatic carbocycles. The van der Waals surface area contributed by atoms with Crippen LogP contribution in [0, 0.1) is 0 Å². The molecular weight excluding hydrogens is 300 g/mol. The van der Waals surface area contributed by atoms with Crippen molar-refractivity contribution < 1.29 is 9.53 Å². The van der Waals surface area contributed by atoms with Crippen LogP contribution in [0.3, 0.4) is 0 Å². The SMILES string of the molecule is CCc1ccc(OCC(=O)Nc2ccc(N3CCCC3)cc2)cc1. The van der Waals surface area contributed by atoms with Crippen molar-refractivity contribution in [2.75, 3.05) is 29.9 Å². The summed E-state index contributed by atoms with van der Waals surface area (Å²) in [6.45, 7) is 4.37. The molecular formula is C20H24N2O2. The number of anilines is 2. The van der Waals surface area contributed by atoms with E-state index in [1.54, 1.807) is 0 Å². The molecule has 126 valence electrons. The predicted octanol–water partition coefficient (Wildman–Crippen LogP) is 3.87. The molecule has 1 N–H and O–H groups in total. The van der Waals surface area contributed by atoms with E-state index in [2.05, 4.69) is 29.3 Å². The van der Waals surface area contributed by atoms with E-state index in [1.165, 1.54) is 24.1 Å². The van der Waals surface area contributed by atoms with Crippen molar-refractivity contribution in [2.24, 2.45) is 0 Å². The van der Waals surface area contributed by atoms with Crippen LogP contribution in [0.2, 0.25) is 0 Å². The molecule has 2 aromatic rings. The number of ether oxygens (including phenoxy) is 1. The number of carbonyl (C=O) groups is 1. The fourth-order valence-corrected chi connectivity index (χ4v) is 2.90. The molecule has 0 atom stereocenters. The van der Waals surface area contributed by atoms with E-state index >= 15 is 0 Å². The van der Waals surface area contributed by atoms with Crippen LogP contribution >= 0.6 is 0 Å². The van der Waals surface area contributed by atoms with Gasteiger partial charge in [-0.15, -0.1) is 0 Å². The first-order chi connectivity index (χ1) is 11.7. The maximum atomic E-state index is 12.0. The van der Waals surface area contributed by atoms with Gasteiger partial charge in [0.15, 0.2) is 6.61 Å². The van der Waals surface area contributed by atoms with Gasteiger partial charge in [0.25, 0.3) is 5.91 Å². The Morgan fingerprint density at radius 1 is 1.04 bits per heavy atom. The third kappa shape index (κ3) is 4.28. The largest absolute Gasteiger partial charge is 0.484 e. The quantitative estimate of drug-likeness (QED) is 0.877. The Morgan fingerprint density at radius 3 is 2.33 bits per heavy atom. The standard InChI is InChI=1S/C20H24N2O2/c1-2-16-5-11-19(12-6-16)24-15-20(23)21-17-7-9-18(10-8-17)22-13-3-4-14-22/h5-12H,2-4,13-15H2,1H3,(H,21,23). The van der Waals surface area contributed by atoms with Crippen molar-refractivity contribution >= 4 is 17.3 Å². The summed E-state index contributed by atoms with van der Waals surface area (Å²) in [4.78, 5) is 14.4. The summed E-state index contributed by atoms with van der Waals surface area (Å²) in [5.41, 5.74) is 3.27. The molecule has 3 rings (SSSR count). The molecule has 1 fully saturated rings. The molecule has 24 heavy (non-hydrogen) atoms. The molecule has 1 saturated heterocycles. The van der Waals surface area contributed by atoms with Gasteiger partial charge in [0, 0.05) is 24.5 Å². The lowest BCUT2D eigenvalue weighted by molar-refractivity contribution is -0.118. The van der Waals surface area contributed by atoms with Crippen LogP contribution < -0.4 is 15.0 Å². The first kappa shape index (κ1) is 16.4. The third-order valence-electron chi connectivity index (χ3n) is 4.32. The lowest BCUT2D eigenvalue weighted by atomic mass is 10.2. The number of nitrogens with one attached hydrogen (secondary N) is 1. The topological polar surface area (TPSA) is 41.6 Å². The van der Waals surface area contributed by atoms with Crippen LogP contribution in [-0.2, 0) is 11.2 Å². The lowest BCUT2D eigenvalue weighted by Gasteiger charge is -2.17. The number of carbonyl (C=O) groups excluding carboxylic acids is 1. The van der Waals surface area contributed by atoms with Crippen molar-refractivity contribution in [3.8, 4) is 5.75 Å². The average Bonchev–Trinajstić information content (AvgIpc) is 3.16. The van der Waals surface area contributed by atoms with E-state index in [4.69, 9.17) is 4.74 Å². The summed E-state index contributed by atoms with van der Waals surface area (Å²) in [6, 6.07) is 15.8. The Labute approximate surface area is 143 Å². The second-order valence-corrected chi connectivity index (χ2v) is 6.08. The maximum Gasteiger partial charge on any atom is 0.262 e. The van der Waals surface area contributed by atoms with E-state index in [-0.39, 0.29) is 12.5 Å². The summed E-state index contributed by atoms with van der Waals surface area (Å²) in [6.07, 6.45) is 3.51. The molecule has 1 amide bonds. The van der Waals surface area contributed by atoms with Crippen LogP contribution in [0.4, 0.5) is 11.4 Å². The number of hydrogen-bond acceptors (Lipinski definition) is 3. The average molecular weight is 324 g/mol. The summed E-state index contributed by atoms with van der Waals surface area (Å²) in [7, 11) is 0. The van der Waals surface area contributed by atoms with E-state index < -0.39 is 0 Å². The first-order valence-electron chi connectivity index (χ1n) is 8.61. The van der Waals surface area contributed by atoms with Gasteiger partial charge in [0.05, 0.1) is 0 Å². The Kier molecular flexibility index (Phi) is 5.36. The molecule has 0 saturated carbocycles. The lowest BCUT2D eigenvalue weighted by Crippen LogP contribution is -2.20. The van der Waals surface area contributed by atoms with Gasteiger partial charge in [-0.1, -0.05) is 19.1 Å². The highest BCUT2D eigenvalue weighted by Crippen LogP contribution is 2.22. The molecule has 0 unspecified atom stereocenters. The second-order valence-electron chi connectivity index (χ2n) is 6.08. The zero-order chi connectivity index (χ0) is 16.8. The van der Waals surface area contributed by atoms with E-state index in [1.807, 2.05) is 36.4 Å². The van der Waals surface area contributed by atoms with Gasteiger partial charge in [-0.05, 0) is 61.2 Å². The molecule has 4 nitrogen and oxygen atoms in total. The number of rotatable bonds is 6. The van der Waals surface area contributed by atoms with Gasteiger partial charge in [0.2, 0.25) is 0 Å². The Balaban J connectivity index is 1.48. The number of amides is 1. The van der Waals surface area contributed by atoms with Crippen LogP contribution in [-0.4, -0.2) is 25.6 Å². The van der Waals surface area contributed by atoms with Gasteiger partial charge < -0.3 is 15.0 Å². The van der Waals surface area contributed by atoms with Gasteiger partial charge in [0.1, 0.15) is 5.75 Å². The van der Waals surface area contributed by atoms with E-state index in [0.29, 0.717) is 5.75 Å². The highest BCUT2D eigenvalue weighted by Gasteiger charge is 2.12. The number of hydrogen-bond donors (Lipinski definition) is 1. The van der Waals surface area contributed by atoms with Crippen molar-refractivity contribution in [2.45, 2.75) is 26.2 Å². The van der Waals surface area contributed by atoms with E-state index in [0.717, 1.165) is 25.2 Å².